The Hall–Kier alpha value is -2.93. The van der Waals surface area contributed by atoms with E-state index in [0.717, 1.165) is 34.2 Å². The molecule has 3 aromatic heterocycles. The van der Waals surface area contributed by atoms with Gasteiger partial charge < -0.3 is 0 Å². The first-order valence-electron chi connectivity index (χ1n) is 7.05. The normalized spacial score (nSPS) is 10.1. The molecule has 0 spiro atoms. The van der Waals surface area contributed by atoms with Gasteiger partial charge >= 0.3 is 0 Å². The molecule has 0 amide bonds. The van der Waals surface area contributed by atoms with Crippen LogP contribution in [0.2, 0.25) is 0 Å². The van der Waals surface area contributed by atoms with Gasteiger partial charge in [0.05, 0.1) is 0 Å². The standard InChI is InChI=1S/C18H16N4/c1-13-4-7-18(20-11-13)22-12-17(21-15(22)3)6-5-16-8-9-19-14(2)10-16/h4,7-12H,1-3H3. The molecule has 4 heteroatoms. The maximum atomic E-state index is 4.48. The van der Waals surface area contributed by atoms with Crippen molar-refractivity contribution in [3.63, 3.8) is 0 Å². The van der Waals surface area contributed by atoms with Crippen LogP contribution in [-0.4, -0.2) is 19.5 Å². The van der Waals surface area contributed by atoms with Gasteiger partial charge in [-0.2, -0.15) is 0 Å². The van der Waals surface area contributed by atoms with Crippen molar-refractivity contribution >= 4 is 0 Å². The molecule has 3 rings (SSSR count). The molecule has 0 bridgehead atoms. The fourth-order valence-electron chi connectivity index (χ4n) is 2.13. The van der Waals surface area contributed by atoms with Crippen LogP contribution in [0.5, 0.6) is 0 Å². The van der Waals surface area contributed by atoms with Gasteiger partial charge in [-0.3, -0.25) is 9.55 Å². The van der Waals surface area contributed by atoms with Gasteiger partial charge in [-0.1, -0.05) is 12.0 Å². The highest BCUT2D eigenvalue weighted by atomic mass is 15.1. The van der Waals surface area contributed by atoms with Gasteiger partial charge in [0.1, 0.15) is 17.3 Å². The molecule has 0 aliphatic rings. The number of rotatable bonds is 1. The zero-order chi connectivity index (χ0) is 15.5. The van der Waals surface area contributed by atoms with Crippen LogP contribution >= 0.6 is 0 Å². The van der Waals surface area contributed by atoms with Crippen LogP contribution in [0.1, 0.15) is 28.3 Å². The Labute approximate surface area is 129 Å². The highest BCUT2D eigenvalue weighted by Crippen LogP contribution is 2.10. The van der Waals surface area contributed by atoms with Crippen molar-refractivity contribution in [2.45, 2.75) is 20.8 Å². The summed E-state index contributed by atoms with van der Waals surface area (Å²) in [5.41, 5.74) is 3.76. The average molecular weight is 288 g/mol. The zero-order valence-corrected chi connectivity index (χ0v) is 12.8. The third kappa shape index (κ3) is 3.04. The molecule has 0 atom stereocenters. The van der Waals surface area contributed by atoms with Crippen molar-refractivity contribution in [2.75, 3.05) is 0 Å². The Bertz CT molecular complexity index is 864. The second kappa shape index (κ2) is 5.82. The van der Waals surface area contributed by atoms with E-state index in [1.165, 1.54) is 0 Å². The summed E-state index contributed by atoms with van der Waals surface area (Å²) in [6.07, 6.45) is 5.52. The zero-order valence-electron chi connectivity index (χ0n) is 12.8. The number of aromatic nitrogens is 4. The molecule has 3 heterocycles. The first-order chi connectivity index (χ1) is 10.6. The molecule has 0 saturated carbocycles. The van der Waals surface area contributed by atoms with E-state index in [1.807, 2.05) is 62.0 Å². The van der Waals surface area contributed by atoms with E-state index in [-0.39, 0.29) is 0 Å². The number of pyridine rings is 2. The molecule has 3 aromatic rings. The molecule has 0 fully saturated rings. The van der Waals surface area contributed by atoms with Crippen LogP contribution in [-0.2, 0) is 0 Å². The summed E-state index contributed by atoms with van der Waals surface area (Å²) in [5, 5.41) is 0. The van der Waals surface area contributed by atoms with Gasteiger partial charge in [-0.15, -0.1) is 0 Å². The number of nitrogens with zero attached hydrogens (tertiary/aromatic N) is 4. The average Bonchev–Trinajstić information content (AvgIpc) is 2.87. The van der Waals surface area contributed by atoms with E-state index >= 15 is 0 Å². The molecule has 22 heavy (non-hydrogen) atoms. The van der Waals surface area contributed by atoms with E-state index in [0.29, 0.717) is 0 Å². The van der Waals surface area contributed by atoms with Gasteiger partial charge in [0.2, 0.25) is 0 Å². The Morgan fingerprint density at radius 1 is 1.00 bits per heavy atom. The monoisotopic (exact) mass is 288 g/mol. The fourth-order valence-corrected chi connectivity index (χ4v) is 2.13. The molecule has 0 aliphatic heterocycles. The highest BCUT2D eigenvalue weighted by molar-refractivity contribution is 5.41. The molecule has 0 radical (unpaired) electrons. The maximum absolute atomic E-state index is 4.48. The molecular weight excluding hydrogens is 272 g/mol. The summed E-state index contributed by atoms with van der Waals surface area (Å²) in [6, 6.07) is 7.87. The largest absolute Gasteiger partial charge is 0.287 e. The first kappa shape index (κ1) is 14.0. The Balaban J connectivity index is 1.91. The van der Waals surface area contributed by atoms with Crippen LogP contribution < -0.4 is 0 Å². The predicted molar refractivity (Wildman–Crippen MR) is 85.8 cm³/mol. The lowest BCUT2D eigenvalue weighted by molar-refractivity contribution is 0.930. The number of hydrogen-bond acceptors (Lipinski definition) is 3. The lowest BCUT2D eigenvalue weighted by atomic mass is 10.2. The van der Waals surface area contributed by atoms with E-state index in [4.69, 9.17) is 0 Å². The van der Waals surface area contributed by atoms with Crippen LogP contribution in [0.15, 0.2) is 42.9 Å². The van der Waals surface area contributed by atoms with Crippen molar-refractivity contribution in [1.29, 1.82) is 0 Å². The quantitative estimate of drug-likeness (QED) is 0.647. The Morgan fingerprint density at radius 2 is 1.86 bits per heavy atom. The van der Waals surface area contributed by atoms with Crippen molar-refractivity contribution < 1.29 is 0 Å². The topological polar surface area (TPSA) is 43.6 Å². The molecule has 0 unspecified atom stereocenters. The van der Waals surface area contributed by atoms with Crippen LogP contribution in [0.25, 0.3) is 5.82 Å². The van der Waals surface area contributed by atoms with E-state index in [2.05, 4.69) is 26.8 Å². The minimum atomic E-state index is 0.731. The molecule has 4 nitrogen and oxygen atoms in total. The van der Waals surface area contributed by atoms with E-state index < -0.39 is 0 Å². The van der Waals surface area contributed by atoms with E-state index in [1.54, 1.807) is 6.20 Å². The molecule has 108 valence electrons. The molecular formula is C18H16N4. The summed E-state index contributed by atoms with van der Waals surface area (Å²) in [4.78, 5) is 13.1. The number of hydrogen-bond donors (Lipinski definition) is 0. The SMILES string of the molecule is Cc1ccc(-n2cc(C#Cc3ccnc(C)c3)nc2C)nc1. The van der Waals surface area contributed by atoms with Crippen molar-refractivity contribution in [3.8, 4) is 17.7 Å². The van der Waals surface area contributed by atoms with E-state index in [9.17, 15) is 0 Å². The molecule has 0 aliphatic carbocycles. The van der Waals surface area contributed by atoms with Gasteiger partial charge in [-0.25, -0.2) is 9.97 Å². The fraction of sp³-hybridized carbons (Fsp3) is 0.167. The summed E-state index contributed by atoms with van der Waals surface area (Å²) in [6.45, 7) is 5.92. The second-order valence-electron chi connectivity index (χ2n) is 5.17. The lowest BCUT2D eigenvalue weighted by Crippen LogP contribution is -1.98. The van der Waals surface area contributed by atoms with Gasteiger partial charge in [-0.05, 0) is 50.5 Å². The molecule has 0 N–H and O–H groups in total. The summed E-state index contributed by atoms with van der Waals surface area (Å²) in [7, 11) is 0. The Kier molecular flexibility index (Phi) is 3.71. The predicted octanol–water partition coefficient (Wildman–Crippen LogP) is 2.99. The second-order valence-corrected chi connectivity index (χ2v) is 5.17. The van der Waals surface area contributed by atoms with Crippen molar-refractivity contribution in [3.05, 3.63) is 71.2 Å². The molecule has 0 aromatic carbocycles. The minimum absolute atomic E-state index is 0.731. The van der Waals surface area contributed by atoms with Gasteiger partial charge in [0, 0.05) is 29.8 Å². The lowest BCUT2D eigenvalue weighted by Gasteiger charge is -2.02. The summed E-state index contributed by atoms with van der Waals surface area (Å²) >= 11 is 0. The summed E-state index contributed by atoms with van der Waals surface area (Å²) < 4.78 is 1.95. The van der Waals surface area contributed by atoms with Crippen molar-refractivity contribution in [1.82, 2.24) is 19.5 Å². The van der Waals surface area contributed by atoms with Crippen LogP contribution in [0.3, 0.4) is 0 Å². The highest BCUT2D eigenvalue weighted by Gasteiger charge is 2.05. The van der Waals surface area contributed by atoms with Crippen LogP contribution in [0, 0.1) is 32.6 Å². The Morgan fingerprint density at radius 3 is 2.59 bits per heavy atom. The maximum Gasteiger partial charge on any atom is 0.138 e. The first-order valence-corrected chi connectivity index (χ1v) is 7.05. The minimum Gasteiger partial charge on any atom is -0.287 e. The molecule has 0 saturated heterocycles. The van der Waals surface area contributed by atoms with Gasteiger partial charge in [0.25, 0.3) is 0 Å². The summed E-state index contributed by atoms with van der Waals surface area (Å²) in [5.74, 6) is 7.93. The van der Waals surface area contributed by atoms with Crippen molar-refractivity contribution in [2.24, 2.45) is 0 Å². The third-order valence-corrected chi connectivity index (χ3v) is 3.26. The smallest absolute Gasteiger partial charge is 0.138 e. The number of imidazole rings is 1. The third-order valence-electron chi connectivity index (χ3n) is 3.26. The van der Waals surface area contributed by atoms with Crippen LogP contribution in [0.4, 0.5) is 0 Å². The van der Waals surface area contributed by atoms with Gasteiger partial charge in [0.15, 0.2) is 0 Å². The number of aryl methyl sites for hydroxylation is 3.